The van der Waals surface area contributed by atoms with Crippen LogP contribution in [0, 0.1) is 6.92 Å². The summed E-state index contributed by atoms with van der Waals surface area (Å²) in [4.78, 5) is 8.43. The predicted molar refractivity (Wildman–Crippen MR) is 115 cm³/mol. The van der Waals surface area contributed by atoms with Gasteiger partial charge in [0.1, 0.15) is 5.69 Å². The Labute approximate surface area is 175 Å². The van der Waals surface area contributed by atoms with Gasteiger partial charge in [-0.05, 0) is 31.5 Å². The SMILES string of the molecule is COc1ncc(-c2cc(-c3ccn(C(C)c4ccccc4)c3)c(C)nn2)c(OC)n1. The number of nitrogens with zero attached hydrogens (tertiary/aromatic N) is 5. The van der Waals surface area contributed by atoms with Crippen molar-refractivity contribution in [3.63, 3.8) is 0 Å². The number of rotatable bonds is 6. The number of benzene rings is 1. The average molecular weight is 401 g/mol. The van der Waals surface area contributed by atoms with Crippen molar-refractivity contribution in [3.8, 4) is 34.3 Å². The summed E-state index contributed by atoms with van der Waals surface area (Å²) in [6, 6.07) is 15.0. The maximum absolute atomic E-state index is 5.40. The molecule has 0 aliphatic heterocycles. The van der Waals surface area contributed by atoms with E-state index in [0.29, 0.717) is 17.1 Å². The molecule has 0 aliphatic rings. The first-order valence-electron chi connectivity index (χ1n) is 9.63. The summed E-state index contributed by atoms with van der Waals surface area (Å²) in [6.07, 6.45) is 5.85. The van der Waals surface area contributed by atoms with Gasteiger partial charge in [-0.2, -0.15) is 10.1 Å². The number of aryl methyl sites for hydroxylation is 1. The molecule has 4 aromatic rings. The summed E-state index contributed by atoms with van der Waals surface area (Å²) in [5.41, 5.74) is 5.46. The second-order valence-electron chi connectivity index (χ2n) is 6.94. The smallest absolute Gasteiger partial charge is 0.319 e. The van der Waals surface area contributed by atoms with Gasteiger partial charge in [-0.25, -0.2) is 4.98 Å². The molecule has 30 heavy (non-hydrogen) atoms. The van der Waals surface area contributed by atoms with Gasteiger partial charge in [-0.1, -0.05) is 30.3 Å². The van der Waals surface area contributed by atoms with Crippen molar-refractivity contribution in [3.05, 3.63) is 72.3 Å². The lowest BCUT2D eigenvalue weighted by Gasteiger charge is -2.14. The molecule has 4 rings (SSSR count). The van der Waals surface area contributed by atoms with Crippen LogP contribution in [0.5, 0.6) is 11.9 Å². The number of hydrogen-bond donors (Lipinski definition) is 0. The first-order valence-corrected chi connectivity index (χ1v) is 9.63. The highest BCUT2D eigenvalue weighted by Crippen LogP contribution is 2.32. The van der Waals surface area contributed by atoms with Crippen LogP contribution in [-0.2, 0) is 0 Å². The molecule has 7 heteroatoms. The molecule has 0 saturated heterocycles. The van der Waals surface area contributed by atoms with Crippen molar-refractivity contribution in [2.75, 3.05) is 14.2 Å². The standard InChI is InChI=1S/C23H23N5O2/c1-15-19(18-10-11-28(14-18)16(2)17-8-6-5-7-9-17)12-21(27-26-15)20-13-24-23(30-4)25-22(20)29-3/h5-14,16H,1-4H3. The second-order valence-corrected chi connectivity index (χ2v) is 6.94. The van der Waals surface area contributed by atoms with Gasteiger partial charge in [-0.15, -0.1) is 5.10 Å². The third kappa shape index (κ3) is 3.74. The molecule has 0 aliphatic carbocycles. The third-order valence-electron chi connectivity index (χ3n) is 5.12. The molecule has 0 N–H and O–H groups in total. The van der Waals surface area contributed by atoms with E-state index in [-0.39, 0.29) is 12.1 Å². The van der Waals surface area contributed by atoms with Gasteiger partial charge in [-0.3, -0.25) is 0 Å². The van der Waals surface area contributed by atoms with E-state index in [9.17, 15) is 0 Å². The summed E-state index contributed by atoms with van der Waals surface area (Å²) in [7, 11) is 3.07. The summed E-state index contributed by atoms with van der Waals surface area (Å²) in [6.45, 7) is 4.13. The Balaban J connectivity index is 1.71. The van der Waals surface area contributed by atoms with Crippen LogP contribution in [0.3, 0.4) is 0 Å². The first-order chi connectivity index (χ1) is 14.6. The normalized spacial score (nSPS) is 11.9. The van der Waals surface area contributed by atoms with Gasteiger partial charge < -0.3 is 14.0 Å². The van der Waals surface area contributed by atoms with E-state index in [2.05, 4.69) is 74.4 Å². The minimum Gasteiger partial charge on any atom is -0.480 e. The monoisotopic (exact) mass is 401 g/mol. The summed E-state index contributed by atoms with van der Waals surface area (Å²) in [5, 5.41) is 8.69. The maximum Gasteiger partial charge on any atom is 0.319 e. The molecule has 152 valence electrons. The quantitative estimate of drug-likeness (QED) is 0.478. The van der Waals surface area contributed by atoms with Crippen molar-refractivity contribution < 1.29 is 9.47 Å². The molecule has 0 amide bonds. The van der Waals surface area contributed by atoms with Crippen molar-refractivity contribution >= 4 is 0 Å². The predicted octanol–water partition coefficient (Wildman–Crippen LogP) is 4.34. The summed E-state index contributed by atoms with van der Waals surface area (Å²) < 4.78 is 12.7. The van der Waals surface area contributed by atoms with E-state index >= 15 is 0 Å². The molecule has 0 spiro atoms. The number of ether oxygens (including phenoxy) is 2. The Morgan fingerprint density at radius 1 is 0.967 bits per heavy atom. The number of methoxy groups -OCH3 is 2. The molecule has 0 saturated carbocycles. The minimum atomic E-state index is 0.226. The van der Waals surface area contributed by atoms with Crippen LogP contribution in [-0.4, -0.2) is 39.0 Å². The molecule has 0 bridgehead atoms. The zero-order chi connectivity index (χ0) is 21.1. The van der Waals surface area contributed by atoms with E-state index in [1.54, 1.807) is 13.3 Å². The van der Waals surface area contributed by atoms with Gasteiger partial charge >= 0.3 is 6.01 Å². The zero-order valence-corrected chi connectivity index (χ0v) is 17.4. The molecular weight excluding hydrogens is 378 g/mol. The second kappa shape index (κ2) is 8.32. The van der Waals surface area contributed by atoms with Gasteiger partial charge in [0.2, 0.25) is 5.88 Å². The van der Waals surface area contributed by atoms with Gasteiger partial charge in [0.15, 0.2) is 0 Å². The fourth-order valence-electron chi connectivity index (χ4n) is 3.37. The summed E-state index contributed by atoms with van der Waals surface area (Å²) in [5.74, 6) is 0.390. The lowest BCUT2D eigenvalue weighted by Crippen LogP contribution is -2.03. The van der Waals surface area contributed by atoms with Crippen LogP contribution >= 0.6 is 0 Å². The molecule has 1 unspecified atom stereocenters. The highest BCUT2D eigenvalue weighted by molar-refractivity contribution is 5.73. The van der Waals surface area contributed by atoms with Crippen LogP contribution in [0.15, 0.2) is 61.1 Å². The van der Waals surface area contributed by atoms with Crippen molar-refractivity contribution in [1.82, 2.24) is 24.7 Å². The van der Waals surface area contributed by atoms with Crippen LogP contribution < -0.4 is 9.47 Å². The molecular formula is C23H23N5O2. The largest absolute Gasteiger partial charge is 0.480 e. The van der Waals surface area contributed by atoms with Gasteiger partial charge in [0.25, 0.3) is 0 Å². The Hall–Kier alpha value is -3.74. The van der Waals surface area contributed by atoms with E-state index in [4.69, 9.17) is 9.47 Å². The highest BCUT2D eigenvalue weighted by Gasteiger charge is 2.16. The molecule has 0 fully saturated rings. The fraction of sp³-hybridized carbons (Fsp3) is 0.217. The molecule has 7 nitrogen and oxygen atoms in total. The maximum atomic E-state index is 5.40. The van der Waals surface area contributed by atoms with Crippen molar-refractivity contribution in [2.24, 2.45) is 0 Å². The van der Waals surface area contributed by atoms with Crippen molar-refractivity contribution in [1.29, 1.82) is 0 Å². The van der Waals surface area contributed by atoms with Crippen LogP contribution in [0.4, 0.5) is 0 Å². The van der Waals surface area contributed by atoms with Gasteiger partial charge in [0.05, 0.1) is 31.5 Å². The Morgan fingerprint density at radius 2 is 1.77 bits per heavy atom. The third-order valence-corrected chi connectivity index (χ3v) is 5.12. The van der Waals surface area contributed by atoms with Crippen molar-refractivity contribution in [2.45, 2.75) is 19.9 Å². The molecule has 1 atom stereocenters. The average Bonchev–Trinajstić information content (AvgIpc) is 3.29. The van der Waals surface area contributed by atoms with E-state index in [0.717, 1.165) is 16.8 Å². The first kappa shape index (κ1) is 19.6. The molecule has 0 radical (unpaired) electrons. The Morgan fingerprint density at radius 3 is 2.50 bits per heavy atom. The van der Waals surface area contributed by atoms with Gasteiger partial charge in [0, 0.05) is 29.7 Å². The van der Waals surface area contributed by atoms with E-state index in [1.807, 2.05) is 19.1 Å². The zero-order valence-electron chi connectivity index (χ0n) is 17.4. The number of hydrogen-bond acceptors (Lipinski definition) is 6. The van der Waals surface area contributed by atoms with E-state index < -0.39 is 0 Å². The highest BCUT2D eigenvalue weighted by atomic mass is 16.5. The topological polar surface area (TPSA) is 75.0 Å². The van der Waals surface area contributed by atoms with E-state index in [1.165, 1.54) is 12.7 Å². The summed E-state index contributed by atoms with van der Waals surface area (Å²) >= 11 is 0. The lowest BCUT2D eigenvalue weighted by atomic mass is 10.1. The fourth-order valence-corrected chi connectivity index (χ4v) is 3.37. The Bertz CT molecular complexity index is 1160. The number of aromatic nitrogens is 5. The van der Waals surface area contributed by atoms with Crippen LogP contribution in [0.2, 0.25) is 0 Å². The minimum absolute atomic E-state index is 0.226. The van der Waals surface area contributed by atoms with Crippen LogP contribution in [0.25, 0.3) is 22.4 Å². The molecule has 3 heterocycles. The Kier molecular flexibility index (Phi) is 5.43. The van der Waals surface area contributed by atoms with Crippen LogP contribution in [0.1, 0.15) is 24.2 Å². The molecule has 1 aromatic carbocycles. The lowest BCUT2D eigenvalue weighted by molar-refractivity contribution is 0.353. The molecule has 3 aromatic heterocycles.